The largest absolute Gasteiger partial charge is 0.481 e. The highest BCUT2D eigenvalue weighted by Crippen LogP contribution is 2.57. The smallest absolute Gasteiger partial charge is 0.407 e. The number of carbonyl (C=O) groups excluding carboxylic acids is 1. The van der Waals surface area contributed by atoms with E-state index in [4.69, 9.17) is 4.74 Å². The van der Waals surface area contributed by atoms with Crippen LogP contribution in [0.5, 0.6) is 0 Å². The molecule has 0 unspecified atom stereocenters. The van der Waals surface area contributed by atoms with Gasteiger partial charge < -0.3 is 15.2 Å². The van der Waals surface area contributed by atoms with E-state index in [1.54, 1.807) is 0 Å². The normalized spacial score (nSPS) is 23.1. The molecule has 0 radical (unpaired) electrons. The quantitative estimate of drug-likeness (QED) is 0.735. The number of alkyl carbamates (subject to hydrolysis) is 1. The Morgan fingerprint density at radius 3 is 2.22 bits per heavy atom. The lowest BCUT2D eigenvalue weighted by atomic mass is 9.50. The summed E-state index contributed by atoms with van der Waals surface area (Å²) < 4.78 is 4.91. The van der Waals surface area contributed by atoms with Crippen LogP contribution in [0.4, 0.5) is 4.79 Å². The maximum absolute atomic E-state index is 11.6. The third-order valence-corrected chi connectivity index (χ3v) is 4.41. The van der Waals surface area contributed by atoms with Crippen LogP contribution < -0.4 is 5.32 Å². The highest BCUT2D eigenvalue weighted by Gasteiger charge is 2.63. The maximum atomic E-state index is 11.6. The minimum absolute atomic E-state index is 0.141. The van der Waals surface area contributed by atoms with E-state index in [0.717, 1.165) is 25.7 Å². The molecular weight excluding hydrogens is 234 g/mol. The first-order valence-electron chi connectivity index (χ1n) is 6.36. The average molecular weight is 253 g/mol. The Balaban J connectivity index is 2.08. The van der Waals surface area contributed by atoms with Crippen LogP contribution in [0, 0.1) is 5.41 Å². The Hall–Kier alpha value is -1.52. The van der Waals surface area contributed by atoms with Crippen molar-refractivity contribution in [3.05, 3.63) is 12.7 Å². The van der Waals surface area contributed by atoms with E-state index in [2.05, 4.69) is 11.9 Å². The molecule has 5 nitrogen and oxygen atoms in total. The van der Waals surface area contributed by atoms with Crippen molar-refractivity contribution in [1.82, 2.24) is 5.32 Å². The number of amides is 1. The van der Waals surface area contributed by atoms with Gasteiger partial charge in [-0.05, 0) is 32.1 Å². The van der Waals surface area contributed by atoms with Crippen LogP contribution in [0.1, 0.15) is 38.5 Å². The Morgan fingerprint density at radius 1 is 1.28 bits per heavy atom. The fourth-order valence-corrected chi connectivity index (χ4v) is 3.05. The standard InChI is InChI=1S/C13H19NO4/c1-2-9-18-11(17)14-13(7-4-8-13)12(10(15)16)5-3-6-12/h2H,1,3-9H2,(H,14,17)(H,15,16). The van der Waals surface area contributed by atoms with Crippen molar-refractivity contribution in [1.29, 1.82) is 0 Å². The zero-order valence-corrected chi connectivity index (χ0v) is 10.4. The van der Waals surface area contributed by atoms with Crippen molar-refractivity contribution < 1.29 is 19.4 Å². The minimum atomic E-state index is -0.794. The Kier molecular flexibility index (Phi) is 3.32. The third kappa shape index (κ3) is 1.78. The Labute approximate surface area is 106 Å². The number of hydrogen-bond donors (Lipinski definition) is 2. The minimum Gasteiger partial charge on any atom is -0.481 e. The van der Waals surface area contributed by atoms with Crippen LogP contribution in [-0.2, 0) is 9.53 Å². The lowest BCUT2D eigenvalue weighted by molar-refractivity contribution is -0.168. The molecule has 18 heavy (non-hydrogen) atoms. The molecule has 2 aliphatic carbocycles. The summed E-state index contributed by atoms with van der Waals surface area (Å²) in [6, 6.07) is 0. The predicted octanol–water partition coefficient (Wildman–Crippen LogP) is 2.08. The molecule has 2 fully saturated rings. The van der Waals surface area contributed by atoms with Crippen LogP contribution in [-0.4, -0.2) is 29.3 Å². The second kappa shape index (κ2) is 4.63. The lowest BCUT2D eigenvalue weighted by Crippen LogP contribution is -2.69. The monoisotopic (exact) mass is 253 g/mol. The molecule has 0 aromatic rings. The predicted molar refractivity (Wildman–Crippen MR) is 65.2 cm³/mol. The second-order valence-electron chi connectivity index (χ2n) is 5.19. The van der Waals surface area contributed by atoms with Crippen LogP contribution in [0.15, 0.2) is 12.7 Å². The molecule has 2 aliphatic rings. The van der Waals surface area contributed by atoms with Gasteiger partial charge in [-0.25, -0.2) is 4.79 Å². The van der Waals surface area contributed by atoms with E-state index in [9.17, 15) is 14.7 Å². The van der Waals surface area contributed by atoms with Gasteiger partial charge in [0, 0.05) is 0 Å². The second-order valence-corrected chi connectivity index (χ2v) is 5.19. The fraction of sp³-hybridized carbons (Fsp3) is 0.692. The molecule has 0 spiro atoms. The molecule has 5 heteroatoms. The molecule has 1 amide bonds. The molecule has 0 bridgehead atoms. The molecule has 2 rings (SSSR count). The number of ether oxygens (including phenoxy) is 1. The van der Waals surface area contributed by atoms with Crippen LogP contribution in [0.3, 0.4) is 0 Å². The number of aliphatic carboxylic acids is 1. The summed E-state index contributed by atoms with van der Waals surface area (Å²) in [5, 5.41) is 12.3. The summed E-state index contributed by atoms with van der Waals surface area (Å²) in [6.07, 6.45) is 5.55. The van der Waals surface area contributed by atoms with Gasteiger partial charge in [-0.2, -0.15) is 0 Å². The van der Waals surface area contributed by atoms with Gasteiger partial charge in [0.2, 0.25) is 0 Å². The van der Waals surface area contributed by atoms with Gasteiger partial charge in [0.25, 0.3) is 0 Å². The highest BCUT2D eigenvalue weighted by atomic mass is 16.5. The van der Waals surface area contributed by atoms with Crippen molar-refractivity contribution in [2.24, 2.45) is 5.41 Å². The van der Waals surface area contributed by atoms with Crippen LogP contribution in [0.2, 0.25) is 0 Å². The zero-order valence-electron chi connectivity index (χ0n) is 10.4. The van der Waals surface area contributed by atoms with Gasteiger partial charge in [-0.3, -0.25) is 4.79 Å². The first kappa shape index (κ1) is 12.9. The van der Waals surface area contributed by atoms with Crippen LogP contribution in [0.25, 0.3) is 0 Å². The van der Waals surface area contributed by atoms with Crippen molar-refractivity contribution in [3.8, 4) is 0 Å². The van der Waals surface area contributed by atoms with Gasteiger partial charge >= 0.3 is 12.1 Å². The summed E-state index contributed by atoms with van der Waals surface area (Å²) in [7, 11) is 0. The van der Waals surface area contributed by atoms with Crippen molar-refractivity contribution in [2.45, 2.75) is 44.1 Å². The molecule has 0 atom stereocenters. The van der Waals surface area contributed by atoms with E-state index >= 15 is 0 Å². The van der Waals surface area contributed by atoms with E-state index < -0.39 is 23.0 Å². The molecule has 0 aromatic carbocycles. The summed E-state index contributed by atoms with van der Waals surface area (Å²) >= 11 is 0. The molecular formula is C13H19NO4. The summed E-state index contributed by atoms with van der Waals surface area (Å²) in [5.41, 5.74) is -1.38. The maximum Gasteiger partial charge on any atom is 0.407 e. The van der Waals surface area contributed by atoms with Gasteiger partial charge in [0.05, 0.1) is 11.0 Å². The number of carbonyl (C=O) groups is 2. The molecule has 0 aliphatic heterocycles. The first-order chi connectivity index (χ1) is 8.56. The number of carboxylic acid groups (broad SMARTS) is 1. The summed E-state index contributed by atoms with van der Waals surface area (Å²) in [5.74, 6) is -0.794. The van der Waals surface area contributed by atoms with E-state index in [-0.39, 0.29) is 6.61 Å². The average Bonchev–Trinajstić information content (AvgIpc) is 2.20. The van der Waals surface area contributed by atoms with Gasteiger partial charge in [0.1, 0.15) is 6.61 Å². The van der Waals surface area contributed by atoms with E-state index in [1.807, 2.05) is 0 Å². The van der Waals surface area contributed by atoms with Crippen molar-refractivity contribution in [2.75, 3.05) is 6.61 Å². The lowest BCUT2D eigenvalue weighted by Gasteiger charge is -2.57. The molecule has 2 saturated carbocycles. The third-order valence-electron chi connectivity index (χ3n) is 4.41. The fourth-order valence-electron chi connectivity index (χ4n) is 3.05. The van der Waals surface area contributed by atoms with E-state index in [1.165, 1.54) is 6.08 Å². The number of nitrogens with one attached hydrogen (secondary N) is 1. The molecule has 0 aromatic heterocycles. The number of rotatable bonds is 5. The van der Waals surface area contributed by atoms with Crippen molar-refractivity contribution in [3.63, 3.8) is 0 Å². The molecule has 0 heterocycles. The first-order valence-corrected chi connectivity index (χ1v) is 6.36. The number of carboxylic acids is 1. The Morgan fingerprint density at radius 2 is 1.89 bits per heavy atom. The topological polar surface area (TPSA) is 75.6 Å². The molecule has 0 saturated heterocycles. The summed E-state index contributed by atoms with van der Waals surface area (Å²) in [6.45, 7) is 3.61. The zero-order chi connectivity index (χ0) is 13.2. The Bertz CT molecular complexity index is 369. The van der Waals surface area contributed by atoms with Gasteiger partial charge in [0.15, 0.2) is 0 Å². The van der Waals surface area contributed by atoms with Crippen molar-refractivity contribution >= 4 is 12.1 Å². The summed E-state index contributed by atoms with van der Waals surface area (Å²) in [4.78, 5) is 23.2. The van der Waals surface area contributed by atoms with Gasteiger partial charge in [-0.15, -0.1) is 0 Å². The van der Waals surface area contributed by atoms with E-state index in [0.29, 0.717) is 12.8 Å². The SMILES string of the molecule is C=CCOC(=O)NC1(C2(C(=O)O)CCC2)CCC1. The molecule has 2 N–H and O–H groups in total. The molecule has 100 valence electrons. The van der Waals surface area contributed by atoms with Crippen LogP contribution >= 0.6 is 0 Å². The highest BCUT2D eigenvalue weighted by molar-refractivity contribution is 5.80. The van der Waals surface area contributed by atoms with Gasteiger partial charge in [-0.1, -0.05) is 19.1 Å². The number of hydrogen-bond acceptors (Lipinski definition) is 3.